The first-order chi connectivity index (χ1) is 8.15. The first-order valence-electron chi connectivity index (χ1n) is 5.64. The number of hydrogen-bond acceptors (Lipinski definition) is 4. The number of likely N-dealkylation sites (N-methyl/N-ethyl adjacent to an activating group) is 1. The van der Waals surface area contributed by atoms with Gasteiger partial charge in [-0.2, -0.15) is 0 Å². The SMILES string of the molecule is CCN(CCO)CC(=O)Nc1ccc(N)cc1. The number of nitrogens with two attached hydrogens (primary N) is 1. The van der Waals surface area contributed by atoms with Gasteiger partial charge in [0.25, 0.3) is 0 Å². The standard InChI is InChI=1S/C12H19N3O2/c1-2-15(7-8-16)9-12(17)14-11-5-3-10(13)4-6-11/h3-6,16H,2,7-9,13H2,1H3,(H,14,17). The molecule has 0 aromatic heterocycles. The normalized spacial score (nSPS) is 10.5. The number of amides is 1. The molecule has 0 heterocycles. The van der Waals surface area contributed by atoms with E-state index in [1.807, 2.05) is 11.8 Å². The number of carbonyl (C=O) groups is 1. The monoisotopic (exact) mass is 237 g/mol. The van der Waals surface area contributed by atoms with Crippen LogP contribution in [0.25, 0.3) is 0 Å². The molecule has 1 aromatic rings. The number of aliphatic hydroxyl groups is 1. The van der Waals surface area contributed by atoms with Crippen LogP contribution in [0, 0.1) is 0 Å². The molecule has 5 heteroatoms. The molecule has 0 aliphatic heterocycles. The fourth-order valence-corrected chi connectivity index (χ4v) is 1.46. The van der Waals surface area contributed by atoms with Crippen LogP contribution in [-0.2, 0) is 4.79 Å². The Morgan fingerprint density at radius 2 is 2.06 bits per heavy atom. The zero-order chi connectivity index (χ0) is 12.7. The van der Waals surface area contributed by atoms with Crippen LogP contribution in [0.3, 0.4) is 0 Å². The van der Waals surface area contributed by atoms with Crippen LogP contribution in [-0.4, -0.2) is 42.2 Å². The van der Waals surface area contributed by atoms with Gasteiger partial charge < -0.3 is 16.2 Å². The smallest absolute Gasteiger partial charge is 0.238 e. The van der Waals surface area contributed by atoms with E-state index in [-0.39, 0.29) is 19.1 Å². The van der Waals surface area contributed by atoms with E-state index in [1.54, 1.807) is 24.3 Å². The van der Waals surface area contributed by atoms with Gasteiger partial charge in [0.15, 0.2) is 0 Å². The molecule has 0 fully saturated rings. The molecule has 94 valence electrons. The van der Waals surface area contributed by atoms with Crippen LogP contribution in [0.1, 0.15) is 6.92 Å². The Morgan fingerprint density at radius 3 is 2.59 bits per heavy atom. The lowest BCUT2D eigenvalue weighted by Crippen LogP contribution is -2.35. The highest BCUT2D eigenvalue weighted by Gasteiger charge is 2.08. The van der Waals surface area contributed by atoms with Gasteiger partial charge in [-0.3, -0.25) is 9.69 Å². The van der Waals surface area contributed by atoms with E-state index in [0.717, 1.165) is 12.2 Å². The number of nitrogens with one attached hydrogen (secondary N) is 1. The lowest BCUT2D eigenvalue weighted by molar-refractivity contribution is -0.117. The van der Waals surface area contributed by atoms with Crippen molar-refractivity contribution in [1.82, 2.24) is 4.90 Å². The Bertz CT molecular complexity index is 351. The van der Waals surface area contributed by atoms with Crippen LogP contribution in [0.5, 0.6) is 0 Å². The highest BCUT2D eigenvalue weighted by atomic mass is 16.3. The Morgan fingerprint density at radius 1 is 1.41 bits per heavy atom. The van der Waals surface area contributed by atoms with E-state index in [2.05, 4.69) is 5.32 Å². The lowest BCUT2D eigenvalue weighted by atomic mass is 10.3. The maximum Gasteiger partial charge on any atom is 0.238 e. The predicted octanol–water partition coefficient (Wildman–Crippen LogP) is 0.521. The fourth-order valence-electron chi connectivity index (χ4n) is 1.46. The molecule has 0 spiro atoms. The quantitative estimate of drug-likeness (QED) is 0.630. The van der Waals surface area contributed by atoms with Gasteiger partial charge in [-0.1, -0.05) is 6.92 Å². The Balaban J connectivity index is 2.46. The largest absolute Gasteiger partial charge is 0.399 e. The summed E-state index contributed by atoms with van der Waals surface area (Å²) in [6, 6.07) is 6.99. The van der Waals surface area contributed by atoms with Crippen molar-refractivity contribution >= 4 is 17.3 Å². The fraction of sp³-hybridized carbons (Fsp3) is 0.417. The summed E-state index contributed by atoms with van der Waals surface area (Å²) in [4.78, 5) is 13.5. The molecular weight excluding hydrogens is 218 g/mol. The zero-order valence-electron chi connectivity index (χ0n) is 10.0. The minimum absolute atomic E-state index is 0.0585. The summed E-state index contributed by atoms with van der Waals surface area (Å²) in [7, 11) is 0. The highest BCUT2D eigenvalue weighted by molar-refractivity contribution is 5.92. The van der Waals surface area contributed by atoms with Gasteiger partial charge in [-0.05, 0) is 30.8 Å². The predicted molar refractivity (Wildman–Crippen MR) is 68.7 cm³/mol. The average molecular weight is 237 g/mol. The second-order valence-corrected chi connectivity index (χ2v) is 3.76. The van der Waals surface area contributed by atoms with Gasteiger partial charge in [0, 0.05) is 17.9 Å². The summed E-state index contributed by atoms with van der Waals surface area (Å²) in [5, 5.41) is 11.6. The van der Waals surface area contributed by atoms with E-state index in [1.165, 1.54) is 0 Å². The molecule has 4 N–H and O–H groups in total. The van der Waals surface area contributed by atoms with Crippen molar-refractivity contribution in [2.75, 3.05) is 37.3 Å². The van der Waals surface area contributed by atoms with Crippen molar-refractivity contribution in [3.8, 4) is 0 Å². The second kappa shape index (κ2) is 6.88. The minimum Gasteiger partial charge on any atom is -0.399 e. The number of hydrogen-bond donors (Lipinski definition) is 3. The molecule has 1 rings (SSSR count). The number of nitrogens with zero attached hydrogens (tertiary/aromatic N) is 1. The van der Waals surface area contributed by atoms with E-state index < -0.39 is 0 Å². The maximum absolute atomic E-state index is 11.7. The maximum atomic E-state index is 11.7. The van der Waals surface area contributed by atoms with Crippen LogP contribution in [0.15, 0.2) is 24.3 Å². The third-order valence-electron chi connectivity index (χ3n) is 2.43. The van der Waals surface area contributed by atoms with E-state index in [4.69, 9.17) is 10.8 Å². The zero-order valence-corrected chi connectivity index (χ0v) is 10.0. The Labute approximate surface area is 101 Å². The minimum atomic E-state index is -0.0925. The number of aliphatic hydroxyl groups excluding tert-OH is 1. The Kier molecular flexibility index (Phi) is 5.45. The third kappa shape index (κ3) is 4.84. The number of carbonyl (C=O) groups excluding carboxylic acids is 1. The van der Waals surface area contributed by atoms with Crippen LogP contribution < -0.4 is 11.1 Å². The van der Waals surface area contributed by atoms with Crippen LogP contribution >= 0.6 is 0 Å². The van der Waals surface area contributed by atoms with Crippen molar-refractivity contribution in [1.29, 1.82) is 0 Å². The van der Waals surface area contributed by atoms with Gasteiger partial charge in [0.1, 0.15) is 0 Å². The van der Waals surface area contributed by atoms with E-state index >= 15 is 0 Å². The van der Waals surface area contributed by atoms with Crippen molar-refractivity contribution < 1.29 is 9.90 Å². The summed E-state index contributed by atoms with van der Waals surface area (Å²) in [5.74, 6) is -0.0925. The molecule has 0 radical (unpaired) electrons. The molecule has 0 saturated heterocycles. The van der Waals surface area contributed by atoms with Gasteiger partial charge in [0.2, 0.25) is 5.91 Å². The Hall–Kier alpha value is -1.59. The summed E-state index contributed by atoms with van der Waals surface area (Å²) in [5.41, 5.74) is 6.94. The van der Waals surface area contributed by atoms with Gasteiger partial charge in [-0.15, -0.1) is 0 Å². The molecule has 0 aliphatic carbocycles. The molecule has 5 nitrogen and oxygen atoms in total. The molecule has 1 aromatic carbocycles. The number of benzene rings is 1. The first-order valence-corrected chi connectivity index (χ1v) is 5.64. The molecule has 0 unspecified atom stereocenters. The topological polar surface area (TPSA) is 78.6 Å². The van der Waals surface area contributed by atoms with Crippen LogP contribution in [0.4, 0.5) is 11.4 Å². The molecular formula is C12H19N3O2. The molecule has 17 heavy (non-hydrogen) atoms. The van der Waals surface area contributed by atoms with E-state index in [0.29, 0.717) is 12.2 Å². The third-order valence-corrected chi connectivity index (χ3v) is 2.43. The summed E-state index contributed by atoms with van der Waals surface area (Å²) in [6.45, 7) is 3.53. The van der Waals surface area contributed by atoms with Crippen molar-refractivity contribution in [3.05, 3.63) is 24.3 Å². The highest BCUT2D eigenvalue weighted by Crippen LogP contribution is 2.10. The molecule has 0 saturated carbocycles. The van der Waals surface area contributed by atoms with Gasteiger partial charge >= 0.3 is 0 Å². The summed E-state index contributed by atoms with van der Waals surface area (Å²) in [6.07, 6.45) is 0. The number of rotatable bonds is 6. The summed E-state index contributed by atoms with van der Waals surface area (Å²) >= 11 is 0. The molecule has 0 atom stereocenters. The second-order valence-electron chi connectivity index (χ2n) is 3.76. The molecule has 0 bridgehead atoms. The average Bonchev–Trinajstić information content (AvgIpc) is 2.31. The van der Waals surface area contributed by atoms with Crippen molar-refractivity contribution in [2.45, 2.75) is 6.92 Å². The molecule has 0 aliphatic rings. The van der Waals surface area contributed by atoms with Crippen LogP contribution in [0.2, 0.25) is 0 Å². The van der Waals surface area contributed by atoms with Crippen molar-refractivity contribution in [3.63, 3.8) is 0 Å². The van der Waals surface area contributed by atoms with Gasteiger partial charge in [0.05, 0.1) is 13.2 Å². The first kappa shape index (κ1) is 13.5. The lowest BCUT2D eigenvalue weighted by Gasteiger charge is -2.18. The van der Waals surface area contributed by atoms with Gasteiger partial charge in [-0.25, -0.2) is 0 Å². The molecule has 1 amide bonds. The number of nitrogen functional groups attached to an aromatic ring is 1. The van der Waals surface area contributed by atoms with Crippen molar-refractivity contribution in [2.24, 2.45) is 0 Å². The summed E-state index contributed by atoms with van der Waals surface area (Å²) < 4.78 is 0. The number of anilines is 2. The van der Waals surface area contributed by atoms with E-state index in [9.17, 15) is 4.79 Å².